The van der Waals surface area contributed by atoms with E-state index in [4.69, 9.17) is 0 Å². The lowest BCUT2D eigenvalue weighted by atomic mass is 10.0. The van der Waals surface area contributed by atoms with Crippen LogP contribution in [-0.4, -0.2) is 12.1 Å². The van der Waals surface area contributed by atoms with Gasteiger partial charge in [0.2, 0.25) is 0 Å². The molecule has 0 unspecified atom stereocenters. The van der Waals surface area contributed by atoms with E-state index in [-0.39, 0.29) is 12.4 Å². The van der Waals surface area contributed by atoms with E-state index in [1.54, 1.807) is 0 Å². The maximum atomic E-state index is 3.48. The van der Waals surface area contributed by atoms with E-state index in [0.29, 0.717) is 0 Å². The molecule has 0 saturated carbocycles. The SMILES string of the molecule is C[C@H]1CCC[C@H](C)N1.Cl. The summed E-state index contributed by atoms with van der Waals surface area (Å²) in [5, 5.41) is 3.48. The van der Waals surface area contributed by atoms with E-state index in [2.05, 4.69) is 19.2 Å². The van der Waals surface area contributed by atoms with Crippen LogP contribution in [-0.2, 0) is 0 Å². The molecule has 1 fully saturated rings. The minimum Gasteiger partial charge on any atom is -0.312 e. The predicted molar refractivity (Wildman–Crippen MR) is 43.2 cm³/mol. The maximum Gasteiger partial charge on any atom is 0.00412 e. The minimum atomic E-state index is 0. The lowest BCUT2D eigenvalue weighted by molar-refractivity contribution is 0.352. The fourth-order valence-electron chi connectivity index (χ4n) is 1.38. The van der Waals surface area contributed by atoms with Crippen LogP contribution in [0.15, 0.2) is 0 Å². The fraction of sp³-hybridized carbons (Fsp3) is 1.00. The highest BCUT2D eigenvalue weighted by molar-refractivity contribution is 5.85. The van der Waals surface area contributed by atoms with Crippen molar-refractivity contribution in [3.05, 3.63) is 0 Å². The van der Waals surface area contributed by atoms with Gasteiger partial charge in [0.05, 0.1) is 0 Å². The van der Waals surface area contributed by atoms with Gasteiger partial charge in [-0.1, -0.05) is 6.42 Å². The minimum absolute atomic E-state index is 0. The Kier molecular flexibility index (Phi) is 4.24. The Morgan fingerprint density at radius 2 is 1.56 bits per heavy atom. The standard InChI is InChI=1S/C7H15N.ClH/c1-6-4-3-5-7(2)8-6;/h6-8H,3-5H2,1-2H3;1H/t6-,7-;/m0./s1. The number of hydrogen-bond donors (Lipinski definition) is 1. The molecule has 2 heteroatoms. The fourth-order valence-corrected chi connectivity index (χ4v) is 1.38. The summed E-state index contributed by atoms with van der Waals surface area (Å²) >= 11 is 0. The molecule has 1 saturated heterocycles. The molecule has 1 heterocycles. The van der Waals surface area contributed by atoms with E-state index in [0.717, 1.165) is 12.1 Å². The van der Waals surface area contributed by atoms with Crippen LogP contribution in [0.3, 0.4) is 0 Å². The Hall–Kier alpha value is 0.250. The van der Waals surface area contributed by atoms with Gasteiger partial charge in [-0.05, 0) is 26.7 Å². The molecule has 1 nitrogen and oxygen atoms in total. The summed E-state index contributed by atoms with van der Waals surface area (Å²) < 4.78 is 0. The smallest absolute Gasteiger partial charge is 0.00412 e. The van der Waals surface area contributed by atoms with Crippen LogP contribution >= 0.6 is 12.4 Å². The molecule has 0 aromatic carbocycles. The quantitative estimate of drug-likeness (QED) is 0.555. The summed E-state index contributed by atoms with van der Waals surface area (Å²) in [6.07, 6.45) is 4.14. The third-order valence-corrected chi connectivity index (χ3v) is 1.84. The number of halogens is 1. The molecule has 0 aromatic heterocycles. The highest BCUT2D eigenvalue weighted by Gasteiger charge is 2.11. The van der Waals surface area contributed by atoms with Gasteiger partial charge in [0.25, 0.3) is 0 Å². The molecular weight excluding hydrogens is 134 g/mol. The molecule has 1 rings (SSSR count). The largest absolute Gasteiger partial charge is 0.312 e. The summed E-state index contributed by atoms with van der Waals surface area (Å²) in [4.78, 5) is 0. The molecular formula is C7H16ClN. The van der Waals surface area contributed by atoms with Gasteiger partial charge in [0, 0.05) is 12.1 Å². The molecule has 0 radical (unpaired) electrons. The summed E-state index contributed by atoms with van der Waals surface area (Å²) in [6.45, 7) is 4.52. The molecule has 0 aromatic rings. The monoisotopic (exact) mass is 149 g/mol. The zero-order valence-corrected chi connectivity index (χ0v) is 7.00. The topological polar surface area (TPSA) is 12.0 Å². The van der Waals surface area contributed by atoms with Crippen molar-refractivity contribution in [3.8, 4) is 0 Å². The van der Waals surface area contributed by atoms with Crippen LogP contribution in [0.5, 0.6) is 0 Å². The molecule has 1 aliphatic rings. The Balaban J connectivity index is 0.000000640. The van der Waals surface area contributed by atoms with Crippen molar-refractivity contribution >= 4 is 12.4 Å². The van der Waals surface area contributed by atoms with Gasteiger partial charge in [-0.25, -0.2) is 0 Å². The maximum absolute atomic E-state index is 3.48. The van der Waals surface area contributed by atoms with Crippen molar-refractivity contribution < 1.29 is 0 Å². The van der Waals surface area contributed by atoms with E-state index in [1.165, 1.54) is 19.3 Å². The first-order valence-corrected chi connectivity index (χ1v) is 3.55. The molecule has 0 spiro atoms. The average molecular weight is 150 g/mol. The van der Waals surface area contributed by atoms with Crippen molar-refractivity contribution in [2.24, 2.45) is 0 Å². The van der Waals surface area contributed by atoms with E-state index in [9.17, 15) is 0 Å². The van der Waals surface area contributed by atoms with Crippen molar-refractivity contribution in [1.29, 1.82) is 0 Å². The number of hydrogen-bond acceptors (Lipinski definition) is 1. The number of nitrogens with one attached hydrogen (secondary N) is 1. The van der Waals surface area contributed by atoms with Gasteiger partial charge < -0.3 is 5.32 Å². The van der Waals surface area contributed by atoms with Crippen molar-refractivity contribution in [1.82, 2.24) is 5.32 Å². The first-order chi connectivity index (χ1) is 3.79. The van der Waals surface area contributed by atoms with Crippen LogP contribution in [0.1, 0.15) is 33.1 Å². The van der Waals surface area contributed by atoms with E-state index in [1.807, 2.05) is 0 Å². The Bertz CT molecular complexity index is 67.3. The highest BCUT2D eigenvalue weighted by atomic mass is 35.5. The van der Waals surface area contributed by atoms with Gasteiger partial charge >= 0.3 is 0 Å². The lowest BCUT2D eigenvalue weighted by Crippen LogP contribution is -2.38. The van der Waals surface area contributed by atoms with Crippen LogP contribution in [0.25, 0.3) is 0 Å². The van der Waals surface area contributed by atoms with Crippen molar-refractivity contribution in [2.45, 2.75) is 45.2 Å². The van der Waals surface area contributed by atoms with E-state index < -0.39 is 0 Å². The second-order valence-electron chi connectivity index (χ2n) is 2.90. The van der Waals surface area contributed by atoms with E-state index >= 15 is 0 Å². The zero-order chi connectivity index (χ0) is 5.98. The number of piperidine rings is 1. The second kappa shape index (κ2) is 4.13. The van der Waals surface area contributed by atoms with Crippen molar-refractivity contribution in [2.75, 3.05) is 0 Å². The van der Waals surface area contributed by atoms with Crippen LogP contribution in [0.4, 0.5) is 0 Å². The Morgan fingerprint density at radius 3 is 1.78 bits per heavy atom. The van der Waals surface area contributed by atoms with Gasteiger partial charge in [-0.15, -0.1) is 12.4 Å². The summed E-state index contributed by atoms with van der Waals surface area (Å²) in [5.74, 6) is 0. The molecule has 2 atom stereocenters. The summed E-state index contributed by atoms with van der Waals surface area (Å²) in [5.41, 5.74) is 0. The normalized spacial score (nSPS) is 35.3. The third kappa shape index (κ3) is 3.07. The van der Waals surface area contributed by atoms with Gasteiger partial charge in [0.15, 0.2) is 0 Å². The second-order valence-corrected chi connectivity index (χ2v) is 2.90. The first kappa shape index (κ1) is 9.25. The van der Waals surface area contributed by atoms with Gasteiger partial charge in [-0.2, -0.15) is 0 Å². The third-order valence-electron chi connectivity index (χ3n) is 1.84. The molecule has 1 aliphatic heterocycles. The van der Waals surface area contributed by atoms with Crippen LogP contribution in [0, 0.1) is 0 Å². The molecule has 0 bridgehead atoms. The molecule has 1 N–H and O–H groups in total. The lowest BCUT2D eigenvalue weighted by Gasteiger charge is -2.25. The predicted octanol–water partition coefficient (Wildman–Crippen LogP) is 1.96. The highest BCUT2D eigenvalue weighted by Crippen LogP contribution is 2.10. The average Bonchev–Trinajstić information content (AvgIpc) is 1.64. The molecule has 0 amide bonds. The number of rotatable bonds is 0. The summed E-state index contributed by atoms with van der Waals surface area (Å²) in [6, 6.07) is 1.53. The van der Waals surface area contributed by atoms with Gasteiger partial charge in [0.1, 0.15) is 0 Å². The van der Waals surface area contributed by atoms with Gasteiger partial charge in [-0.3, -0.25) is 0 Å². The molecule has 9 heavy (non-hydrogen) atoms. The van der Waals surface area contributed by atoms with Crippen molar-refractivity contribution in [3.63, 3.8) is 0 Å². The van der Waals surface area contributed by atoms with Crippen LogP contribution < -0.4 is 5.32 Å². The first-order valence-electron chi connectivity index (χ1n) is 3.55. The summed E-state index contributed by atoms with van der Waals surface area (Å²) in [7, 11) is 0. The van der Waals surface area contributed by atoms with Crippen LogP contribution in [0.2, 0.25) is 0 Å². The Labute approximate surface area is 63.6 Å². The Morgan fingerprint density at radius 1 is 1.11 bits per heavy atom. The molecule has 0 aliphatic carbocycles. The zero-order valence-electron chi connectivity index (χ0n) is 6.18. The molecule has 56 valence electrons.